The van der Waals surface area contributed by atoms with Gasteiger partial charge in [0.1, 0.15) is 18.5 Å². The van der Waals surface area contributed by atoms with Crippen LogP contribution in [0.1, 0.15) is 55.4 Å². The predicted octanol–water partition coefficient (Wildman–Crippen LogP) is 3.36. The number of nitrogens with zero attached hydrogens (tertiary/aromatic N) is 1. The van der Waals surface area contributed by atoms with E-state index in [0.29, 0.717) is 12.6 Å². The van der Waals surface area contributed by atoms with E-state index in [0.717, 1.165) is 29.8 Å². The van der Waals surface area contributed by atoms with Gasteiger partial charge in [0.2, 0.25) is 0 Å². The van der Waals surface area contributed by atoms with Crippen molar-refractivity contribution in [3.8, 4) is 5.75 Å². The molecule has 2 heterocycles. The zero-order chi connectivity index (χ0) is 15.0. The van der Waals surface area contributed by atoms with Crippen LogP contribution < -0.4 is 4.74 Å². The van der Waals surface area contributed by atoms with Gasteiger partial charge in [0.15, 0.2) is 0 Å². The number of ether oxygens (including phenoxy) is 1. The molecule has 3 heteroatoms. The summed E-state index contributed by atoms with van der Waals surface area (Å²) >= 11 is 0. The normalized spacial score (nSPS) is 29.8. The zero-order valence-corrected chi connectivity index (χ0v) is 13.4. The van der Waals surface area contributed by atoms with Crippen LogP contribution in [-0.4, -0.2) is 35.2 Å². The Kier molecular flexibility index (Phi) is 4.23. The largest absolute Gasteiger partial charge is 0.491 e. The number of aliphatic hydroxyl groups is 1. The van der Waals surface area contributed by atoms with Crippen LogP contribution in [0.5, 0.6) is 5.75 Å². The lowest BCUT2D eigenvalue weighted by atomic mass is 9.90. The van der Waals surface area contributed by atoms with Crippen LogP contribution in [0.2, 0.25) is 0 Å². The van der Waals surface area contributed by atoms with Gasteiger partial charge in [0.05, 0.1) is 6.04 Å². The third-order valence-corrected chi connectivity index (χ3v) is 5.36. The molecular formula is C18H27NO2. The summed E-state index contributed by atoms with van der Waals surface area (Å²) < 4.78 is 6.06. The number of fused-ring (bicyclic) bond motifs is 1. The van der Waals surface area contributed by atoms with Gasteiger partial charge >= 0.3 is 0 Å². The van der Waals surface area contributed by atoms with Crippen LogP contribution in [0.4, 0.5) is 0 Å². The molecule has 2 aliphatic rings. The van der Waals surface area contributed by atoms with Crippen molar-refractivity contribution in [2.45, 2.75) is 64.6 Å². The second-order valence-electron chi connectivity index (χ2n) is 6.54. The molecule has 0 aromatic heterocycles. The van der Waals surface area contributed by atoms with Crippen molar-refractivity contribution in [1.82, 2.24) is 4.90 Å². The molecule has 2 aliphatic heterocycles. The van der Waals surface area contributed by atoms with Gasteiger partial charge in [-0.05, 0) is 50.8 Å². The Hall–Kier alpha value is -1.06. The highest BCUT2D eigenvalue weighted by Crippen LogP contribution is 2.39. The fraction of sp³-hybridized carbons (Fsp3) is 0.667. The summed E-state index contributed by atoms with van der Waals surface area (Å²) in [5.74, 6) is 0.906. The molecule has 0 aliphatic carbocycles. The van der Waals surface area contributed by atoms with Crippen molar-refractivity contribution in [3.63, 3.8) is 0 Å². The molecule has 1 aromatic rings. The van der Waals surface area contributed by atoms with E-state index in [1.807, 2.05) is 6.07 Å². The van der Waals surface area contributed by atoms with Crippen molar-refractivity contribution >= 4 is 0 Å². The van der Waals surface area contributed by atoms with Gasteiger partial charge in [-0.2, -0.15) is 0 Å². The number of piperidine rings is 1. The number of benzene rings is 1. The lowest BCUT2D eigenvalue weighted by Crippen LogP contribution is -2.52. The molecule has 1 aromatic carbocycles. The van der Waals surface area contributed by atoms with Crippen LogP contribution >= 0.6 is 0 Å². The topological polar surface area (TPSA) is 32.7 Å². The molecule has 0 amide bonds. The number of likely N-dealkylation sites (tertiary alicyclic amines) is 1. The van der Waals surface area contributed by atoms with Crippen LogP contribution in [0, 0.1) is 13.8 Å². The molecule has 0 radical (unpaired) electrons. The second kappa shape index (κ2) is 5.98. The van der Waals surface area contributed by atoms with E-state index in [4.69, 9.17) is 4.74 Å². The van der Waals surface area contributed by atoms with E-state index in [1.54, 1.807) is 0 Å². The first-order valence-corrected chi connectivity index (χ1v) is 8.30. The summed E-state index contributed by atoms with van der Waals surface area (Å²) in [7, 11) is 0. The average molecular weight is 289 g/mol. The minimum atomic E-state index is -0.430. The lowest BCUT2D eigenvalue weighted by molar-refractivity contribution is -0.0295. The molecule has 116 valence electrons. The zero-order valence-electron chi connectivity index (χ0n) is 13.4. The third kappa shape index (κ3) is 2.58. The quantitative estimate of drug-likeness (QED) is 0.906. The standard InChI is InChI=1S/C18H27NO2/c1-4-14-7-5-6-10-19(14)16-11-21-18-13(3)12(2)8-9-15(18)17(16)20/h8-9,14,16-17,20H,4-7,10-11H2,1-3H3. The first kappa shape index (κ1) is 14.9. The molecule has 0 saturated carbocycles. The van der Waals surface area contributed by atoms with Gasteiger partial charge in [0.25, 0.3) is 0 Å². The van der Waals surface area contributed by atoms with Crippen LogP contribution in [0.15, 0.2) is 12.1 Å². The Morgan fingerprint density at radius 2 is 2.10 bits per heavy atom. The second-order valence-corrected chi connectivity index (χ2v) is 6.54. The Labute approximate surface area is 127 Å². The molecule has 1 saturated heterocycles. The molecule has 3 nitrogen and oxygen atoms in total. The number of aliphatic hydroxyl groups excluding tert-OH is 1. The van der Waals surface area contributed by atoms with Crippen molar-refractivity contribution in [3.05, 3.63) is 28.8 Å². The first-order valence-electron chi connectivity index (χ1n) is 8.30. The molecule has 0 bridgehead atoms. The Bertz CT molecular complexity index is 514. The Balaban J connectivity index is 1.88. The van der Waals surface area contributed by atoms with Crippen LogP contribution in [0.25, 0.3) is 0 Å². The van der Waals surface area contributed by atoms with Crippen molar-refractivity contribution < 1.29 is 9.84 Å². The summed E-state index contributed by atoms with van der Waals surface area (Å²) in [6, 6.07) is 4.83. The summed E-state index contributed by atoms with van der Waals surface area (Å²) in [5.41, 5.74) is 3.36. The summed E-state index contributed by atoms with van der Waals surface area (Å²) in [4.78, 5) is 2.49. The van der Waals surface area contributed by atoms with Crippen molar-refractivity contribution in [2.75, 3.05) is 13.2 Å². The van der Waals surface area contributed by atoms with Crippen LogP contribution in [0.3, 0.4) is 0 Å². The molecule has 3 atom stereocenters. The molecule has 3 unspecified atom stereocenters. The smallest absolute Gasteiger partial charge is 0.128 e. The molecule has 1 N–H and O–H groups in total. The van der Waals surface area contributed by atoms with Gasteiger partial charge in [-0.15, -0.1) is 0 Å². The number of aryl methyl sites for hydroxylation is 1. The van der Waals surface area contributed by atoms with Crippen LogP contribution in [-0.2, 0) is 0 Å². The third-order valence-electron chi connectivity index (χ3n) is 5.36. The fourth-order valence-electron chi connectivity index (χ4n) is 3.88. The highest BCUT2D eigenvalue weighted by atomic mass is 16.5. The van der Waals surface area contributed by atoms with Gasteiger partial charge < -0.3 is 9.84 Å². The van der Waals surface area contributed by atoms with Gasteiger partial charge in [-0.1, -0.05) is 25.5 Å². The van der Waals surface area contributed by atoms with Crippen molar-refractivity contribution in [2.24, 2.45) is 0 Å². The van der Waals surface area contributed by atoms with E-state index in [-0.39, 0.29) is 6.04 Å². The SMILES string of the molecule is CCC1CCCCN1C1COc2c(ccc(C)c2C)C1O. The van der Waals surface area contributed by atoms with E-state index in [1.165, 1.54) is 24.8 Å². The first-order chi connectivity index (χ1) is 10.1. The average Bonchev–Trinajstić information content (AvgIpc) is 2.51. The Morgan fingerprint density at radius 3 is 2.86 bits per heavy atom. The fourth-order valence-corrected chi connectivity index (χ4v) is 3.88. The number of hydrogen-bond acceptors (Lipinski definition) is 3. The van der Waals surface area contributed by atoms with E-state index in [9.17, 15) is 5.11 Å². The van der Waals surface area contributed by atoms with Gasteiger partial charge in [-0.3, -0.25) is 4.90 Å². The maximum atomic E-state index is 10.9. The number of rotatable bonds is 2. The van der Waals surface area contributed by atoms with Gasteiger partial charge in [0, 0.05) is 11.6 Å². The maximum absolute atomic E-state index is 10.9. The molecule has 0 spiro atoms. The summed E-state index contributed by atoms with van der Waals surface area (Å²) in [5, 5.41) is 10.9. The molecule has 1 fully saturated rings. The highest BCUT2D eigenvalue weighted by molar-refractivity contribution is 5.48. The summed E-state index contributed by atoms with van der Waals surface area (Å²) in [6.07, 6.45) is 4.52. The monoisotopic (exact) mass is 289 g/mol. The number of hydrogen-bond donors (Lipinski definition) is 1. The van der Waals surface area contributed by atoms with Crippen molar-refractivity contribution in [1.29, 1.82) is 0 Å². The lowest BCUT2D eigenvalue weighted by Gasteiger charge is -2.45. The minimum Gasteiger partial charge on any atom is -0.491 e. The predicted molar refractivity (Wildman–Crippen MR) is 84.8 cm³/mol. The van der Waals surface area contributed by atoms with Gasteiger partial charge in [-0.25, -0.2) is 0 Å². The van der Waals surface area contributed by atoms with E-state index in [2.05, 4.69) is 31.7 Å². The highest BCUT2D eigenvalue weighted by Gasteiger charge is 2.37. The minimum absolute atomic E-state index is 0.102. The maximum Gasteiger partial charge on any atom is 0.128 e. The van der Waals surface area contributed by atoms with E-state index < -0.39 is 6.10 Å². The Morgan fingerprint density at radius 1 is 1.29 bits per heavy atom. The summed E-state index contributed by atoms with van der Waals surface area (Å²) in [6.45, 7) is 8.12. The molecule has 3 rings (SSSR count). The molecular weight excluding hydrogens is 262 g/mol. The van der Waals surface area contributed by atoms with E-state index >= 15 is 0 Å². The molecule has 21 heavy (non-hydrogen) atoms.